The fraction of sp³-hybridized carbons (Fsp3) is 0.421. The Morgan fingerprint density at radius 1 is 1.22 bits per heavy atom. The zero-order chi connectivity index (χ0) is 19.1. The van der Waals surface area contributed by atoms with Crippen LogP contribution in [0.2, 0.25) is 0 Å². The van der Waals surface area contributed by atoms with Crippen LogP contribution in [0.4, 0.5) is 0 Å². The number of aromatic nitrogens is 2. The molecule has 0 N–H and O–H groups in total. The van der Waals surface area contributed by atoms with Gasteiger partial charge in [0.2, 0.25) is 11.8 Å². The van der Waals surface area contributed by atoms with Gasteiger partial charge in [-0.1, -0.05) is 0 Å². The van der Waals surface area contributed by atoms with Crippen molar-refractivity contribution in [3.8, 4) is 5.75 Å². The molecule has 3 aromatic rings. The number of rotatable bonds is 4. The molecule has 1 fully saturated rings. The molecule has 142 valence electrons. The number of furan rings is 1. The molecule has 0 bridgehead atoms. The summed E-state index contributed by atoms with van der Waals surface area (Å²) in [4.78, 5) is 15.0. The minimum atomic E-state index is -0.342. The molecule has 0 radical (unpaired) electrons. The van der Waals surface area contributed by atoms with Crippen molar-refractivity contribution in [1.82, 2.24) is 15.1 Å². The number of aryl methyl sites for hydroxylation is 2. The van der Waals surface area contributed by atoms with Crippen molar-refractivity contribution in [2.75, 3.05) is 20.8 Å². The molecule has 4 rings (SSSR count). The monoisotopic (exact) mass is 371 g/mol. The molecule has 0 unspecified atom stereocenters. The van der Waals surface area contributed by atoms with Crippen molar-refractivity contribution >= 4 is 16.9 Å². The summed E-state index contributed by atoms with van der Waals surface area (Å²) in [6.45, 7) is 4.03. The molecule has 0 saturated carbocycles. The summed E-state index contributed by atoms with van der Waals surface area (Å²) in [5, 5.41) is 8.84. The Morgan fingerprint density at radius 3 is 2.70 bits per heavy atom. The van der Waals surface area contributed by atoms with Gasteiger partial charge in [-0.25, -0.2) is 0 Å². The van der Waals surface area contributed by atoms with Crippen molar-refractivity contribution in [3.05, 3.63) is 41.3 Å². The van der Waals surface area contributed by atoms with Gasteiger partial charge in [0.05, 0.1) is 13.2 Å². The van der Waals surface area contributed by atoms with Gasteiger partial charge in [0.1, 0.15) is 17.4 Å². The summed E-state index contributed by atoms with van der Waals surface area (Å²) in [6.07, 6.45) is 0.493. The second-order valence-corrected chi connectivity index (χ2v) is 6.64. The van der Waals surface area contributed by atoms with Gasteiger partial charge >= 0.3 is 0 Å². The first-order chi connectivity index (χ1) is 13.0. The fourth-order valence-corrected chi connectivity index (χ4v) is 3.53. The number of methoxy groups -OCH3 is 2. The van der Waals surface area contributed by atoms with E-state index in [1.165, 1.54) is 0 Å². The standard InChI is InChI=1S/C19H21N3O5/c1-10-14-7-12(24-3)5-6-16(14)27-17(10)19(23)22-9-13(25-4)8-15(22)18-21-20-11(2)26-18/h5-7,13,15H,8-9H2,1-4H3/t13-,15+/m0/s1. The highest BCUT2D eigenvalue weighted by Crippen LogP contribution is 2.36. The zero-order valence-corrected chi connectivity index (χ0v) is 15.7. The molecule has 3 heterocycles. The maximum atomic E-state index is 13.3. The van der Waals surface area contributed by atoms with E-state index in [1.807, 2.05) is 13.0 Å². The third-order valence-electron chi connectivity index (χ3n) is 5.02. The van der Waals surface area contributed by atoms with Gasteiger partial charge in [0.15, 0.2) is 5.76 Å². The second-order valence-electron chi connectivity index (χ2n) is 6.64. The SMILES string of the molecule is COc1ccc2oc(C(=O)N3C[C@@H](OC)C[C@@H]3c3nnc(C)o3)c(C)c2c1. The smallest absolute Gasteiger partial charge is 0.290 e. The van der Waals surface area contributed by atoms with Crippen molar-refractivity contribution in [1.29, 1.82) is 0 Å². The highest BCUT2D eigenvalue weighted by Gasteiger charge is 2.41. The Kier molecular flexibility index (Phi) is 4.35. The molecule has 8 heteroatoms. The first-order valence-electron chi connectivity index (χ1n) is 8.72. The number of benzene rings is 1. The molecule has 1 aliphatic heterocycles. The van der Waals surface area contributed by atoms with Gasteiger partial charge in [-0.3, -0.25) is 4.79 Å². The third-order valence-corrected chi connectivity index (χ3v) is 5.02. The van der Waals surface area contributed by atoms with Crippen molar-refractivity contribution in [2.45, 2.75) is 32.4 Å². The lowest BCUT2D eigenvalue weighted by Crippen LogP contribution is -2.32. The van der Waals surface area contributed by atoms with E-state index in [9.17, 15) is 4.79 Å². The lowest BCUT2D eigenvalue weighted by atomic mass is 10.1. The summed E-state index contributed by atoms with van der Waals surface area (Å²) < 4.78 is 22.2. The normalized spacial score (nSPS) is 19.8. The van der Waals surface area contributed by atoms with Crippen molar-refractivity contribution in [2.24, 2.45) is 0 Å². The van der Waals surface area contributed by atoms with E-state index in [-0.39, 0.29) is 18.1 Å². The number of carbonyl (C=O) groups is 1. The van der Waals surface area contributed by atoms with Crippen LogP contribution in [0, 0.1) is 13.8 Å². The maximum absolute atomic E-state index is 13.3. The fourth-order valence-electron chi connectivity index (χ4n) is 3.53. The first-order valence-corrected chi connectivity index (χ1v) is 8.72. The van der Waals surface area contributed by atoms with Gasteiger partial charge in [-0.15, -0.1) is 10.2 Å². The summed E-state index contributed by atoms with van der Waals surface area (Å²) in [5.74, 6) is 1.67. The van der Waals surface area contributed by atoms with Gasteiger partial charge in [-0.05, 0) is 25.1 Å². The van der Waals surface area contributed by atoms with Crippen LogP contribution in [-0.2, 0) is 4.74 Å². The lowest BCUT2D eigenvalue weighted by Gasteiger charge is -2.20. The van der Waals surface area contributed by atoms with Crippen molar-refractivity contribution < 1.29 is 23.1 Å². The molecule has 27 heavy (non-hydrogen) atoms. The third kappa shape index (κ3) is 2.95. The van der Waals surface area contributed by atoms with Crippen LogP contribution in [0.15, 0.2) is 27.0 Å². The van der Waals surface area contributed by atoms with Crippen molar-refractivity contribution in [3.63, 3.8) is 0 Å². The van der Waals surface area contributed by atoms with E-state index < -0.39 is 0 Å². The van der Waals surface area contributed by atoms with Gasteiger partial charge in [-0.2, -0.15) is 0 Å². The number of ether oxygens (including phenoxy) is 2. The highest BCUT2D eigenvalue weighted by atomic mass is 16.5. The molecule has 1 aliphatic rings. The average Bonchev–Trinajstić information content (AvgIpc) is 3.38. The van der Waals surface area contributed by atoms with Gasteiger partial charge in [0, 0.05) is 37.9 Å². The number of amides is 1. The molecular weight excluding hydrogens is 350 g/mol. The summed E-state index contributed by atoms with van der Waals surface area (Å²) in [6, 6.07) is 5.14. The summed E-state index contributed by atoms with van der Waals surface area (Å²) in [7, 11) is 3.24. The lowest BCUT2D eigenvalue weighted by molar-refractivity contribution is 0.0645. The number of hydrogen-bond acceptors (Lipinski definition) is 7. The van der Waals surface area contributed by atoms with Gasteiger partial charge < -0.3 is 23.2 Å². The largest absolute Gasteiger partial charge is 0.497 e. The highest BCUT2D eigenvalue weighted by molar-refractivity contribution is 5.99. The Hall–Kier alpha value is -2.87. The predicted octanol–water partition coefficient (Wildman–Crippen LogP) is 3.04. The molecule has 8 nitrogen and oxygen atoms in total. The van der Waals surface area contributed by atoms with E-state index in [2.05, 4.69) is 10.2 Å². The van der Waals surface area contributed by atoms with E-state index >= 15 is 0 Å². The van der Waals surface area contributed by atoms with Crippen LogP contribution < -0.4 is 4.74 Å². The van der Waals surface area contributed by atoms with Crippen LogP contribution in [0.25, 0.3) is 11.0 Å². The summed E-state index contributed by atoms with van der Waals surface area (Å²) >= 11 is 0. The molecule has 0 aliphatic carbocycles. The van der Waals surface area contributed by atoms with E-state index in [4.69, 9.17) is 18.3 Å². The first kappa shape index (κ1) is 17.5. The molecule has 2 atom stereocenters. The van der Waals surface area contributed by atoms with E-state index in [1.54, 1.807) is 38.2 Å². The topological polar surface area (TPSA) is 90.8 Å². The molecule has 1 aromatic carbocycles. The Bertz CT molecular complexity index is 993. The predicted molar refractivity (Wildman–Crippen MR) is 95.7 cm³/mol. The molecule has 1 amide bonds. The summed E-state index contributed by atoms with van der Waals surface area (Å²) in [5.41, 5.74) is 1.42. The van der Waals surface area contributed by atoms with Crippen LogP contribution in [0.5, 0.6) is 5.75 Å². The Balaban J connectivity index is 1.72. The number of carbonyl (C=O) groups excluding carboxylic acids is 1. The average molecular weight is 371 g/mol. The molecule has 0 spiro atoms. The maximum Gasteiger partial charge on any atom is 0.290 e. The molecule has 2 aromatic heterocycles. The van der Waals surface area contributed by atoms with Crippen LogP contribution in [-0.4, -0.2) is 47.9 Å². The van der Waals surface area contributed by atoms with Crippen LogP contribution in [0.1, 0.15) is 40.4 Å². The number of nitrogens with zero attached hydrogens (tertiary/aromatic N) is 3. The number of fused-ring (bicyclic) bond motifs is 1. The number of hydrogen-bond donors (Lipinski definition) is 0. The zero-order valence-electron chi connectivity index (χ0n) is 15.7. The molecular formula is C19H21N3O5. The van der Waals surface area contributed by atoms with E-state index in [0.29, 0.717) is 41.8 Å². The minimum absolute atomic E-state index is 0.101. The Morgan fingerprint density at radius 2 is 2.04 bits per heavy atom. The van der Waals surface area contributed by atoms with Crippen LogP contribution >= 0.6 is 0 Å². The molecule has 1 saturated heterocycles. The van der Waals surface area contributed by atoms with Crippen LogP contribution in [0.3, 0.4) is 0 Å². The van der Waals surface area contributed by atoms with Gasteiger partial charge in [0.25, 0.3) is 5.91 Å². The Labute approximate surface area is 156 Å². The minimum Gasteiger partial charge on any atom is -0.497 e. The van der Waals surface area contributed by atoms with E-state index in [0.717, 1.165) is 10.9 Å². The quantitative estimate of drug-likeness (QED) is 0.696. The second kappa shape index (κ2) is 6.70. The number of likely N-dealkylation sites (tertiary alicyclic amines) is 1.